The number of aliphatic hydroxyl groups is 4. The van der Waals surface area contributed by atoms with E-state index in [2.05, 4.69) is 10.3 Å². The fraction of sp³-hybridized carbons (Fsp3) is 0.629. The van der Waals surface area contributed by atoms with Crippen molar-refractivity contribution in [3.05, 3.63) is 66.0 Å². The Labute approximate surface area is 272 Å². The van der Waals surface area contributed by atoms with Gasteiger partial charge in [0.05, 0.1) is 36.4 Å². The van der Waals surface area contributed by atoms with E-state index >= 15 is 0 Å². The predicted molar refractivity (Wildman–Crippen MR) is 172 cm³/mol. The molecule has 0 saturated carbocycles. The van der Waals surface area contributed by atoms with Crippen LogP contribution in [-0.4, -0.2) is 85.3 Å². The molecule has 11 heteroatoms. The highest BCUT2D eigenvalue weighted by Gasteiger charge is 2.47. The fourth-order valence-electron chi connectivity index (χ4n) is 5.63. The third kappa shape index (κ3) is 11.6. The van der Waals surface area contributed by atoms with Gasteiger partial charge in [-0.2, -0.15) is 0 Å². The highest BCUT2D eigenvalue weighted by molar-refractivity contribution is 5.70. The zero-order chi connectivity index (χ0) is 34.1. The molecule has 5 N–H and O–H groups in total. The summed E-state index contributed by atoms with van der Waals surface area (Å²) in [7, 11) is 0. The van der Waals surface area contributed by atoms with E-state index in [0.717, 1.165) is 5.56 Å². The monoisotopic (exact) mass is 644 g/mol. The zero-order valence-electron chi connectivity index (χ0n) is 27.8. The Hall–Kier alpha value is -3.09. The molecule has 0 aliphatic carbocycles. The van der Waals surface area contributed by atoms with Gasteiger partial charge in [0, 0.05) is 37.2 Å². The molecule has 10 unspecified atom stereocenters. The van der Waals surface area contributed by atoms with Gasteiger partial charge in [0.15, 0.2) is 6.10 Å². The van der Waals surface area contributed by atoms with Gasteiger partial charge in [-0.05, 0) is 69.4 Å². The SMILES string of the molecule is CCC(O)C(C)C1OC1CC(C)(O)C=CC=C(C)C1OC(=O)CC(O)CCC(C)(O)C(OC(=O)NCc2ccncc2)C=CC1C. The molecular weight excluding hydrogens is 592 g/mol. The second-order valence-corrected chi connectivity index (χ2v) is 13.2. The lowest BCUT2D eigenvalue weighted by Crippen LogP contribution is -2.44. The molecule has 1 aromatic rings. The molecule has 2 aliphatic heterocycles. The Balaban J connectivity index is 1.73. The van der Waals surface area contributed by atoms with Crippen molar-refractivity contribution in [2.45, 2.75) is 128 Å². The standard InChI is InChI=1S/C35H52N2O9/c1-7-27(39)24(4)32-28(44-32)20-34(5,42)15-8-9-22(2)31-23(3)10-11-29(35(6,43)16-12-26(38)19-30(40)46-31)45-33(41)37-21-25-13-17-36-18-14-25/h8-11,13-15,17-18,23-24,26-29,31-32,38-39,42-43H,7,12,16,19-21H2,1-6H3,(H,37,41). The van der Waals surface area contributed by atoms with Crippen LogP contribution in [0, 0.1) is 11.8 Å². The van der Waals surface area contributed by atoms with Crippen molar-refractivity contribution in [3.8, 4) is 0 Å². The number of nitrogens with zero attached hydrogens (tertiary/aromatic N) is 1. The minimum Gasteiger partial charge on any atom is -0.457 e. The van der Waals surface area contributed by atoms with Gasteiger partial charge in [0.1, 0.15) is 11.7 Å². The third-order valence-electron chi connectivity index (χ3n) is 8.79. The molecule has 46 heavy (non-hydrogen) atoms. The Morgan fingerprint density at radius 2 is 2.00 bits per heavy atom. The summed E-state index contributed by atoms with van der Waals surface area (Å²) >= 11 is 0. The van der Waals surface area contributed by atoms with Crippen LogP contribution >= 0.6 is 0 Å². The number of epoxide rings is 1. The van der Waals surface area contributed by atoms with Crippen LogP contribution in [0.4, 0.5) is 4.79 Å². The van der Waals surface area contributed by atoms with Crippen molar-refractivity contribution in [1.82, 2.24) is 10.3 Å². The molecule has 2 aliphatic rings. The van der Waals surface area contributed by atoms with Crippen LogP contribution in [0.2, 0.25) is 0 Å². The number of carbonyl (C=O) groups is 2. The number of aliphatic hydroxyl groups excluding tert-OH is 2. The van der Waals surface area contributed by atoms with Gasteiger partial charge < -0.3 is 40.0 Å². The molecular formula is C35H52N2O9. The number of nitrogens with one attached hydrogen (secondary N) is 1. The smallest absolute Gasteiger partial charge is 0.408 e. The molecule has 1 fully saturated rings. The topological polar surface area (TPSA) is 171 Å². The number of amides is 1. The molecule has 3 rings (SSSR count). The number of aromatic nitrogens is 1. The number of carbonyl (C=O) groups excluding carboxylic acids is 2. The number of alkyl carbamates (subject to hydrolysis) is 1. The molecule has 3 heterocycles. The second-order valence-electron chi connectivity index (χ2n) is 13.2. The molecule has 1 amide bonds. The van der Waals surface area contributed by atoms with E-state index in [1.54, 1.807) is 68.8 Å². The molecule has 10 atom stereocenters. The molecule has 1 saturated heterocycles. The van der Waals surface area contributed by atoms with Crippen LogP contribution in [0.15, 0.2) is 60.5 Å². The summed E-state index contributed by atoms with van der Waals surface area (Å²) in [5.74, 6) is -0.999. The Morgan fingerprint density at radius 1 is 1.30 bits per heavy atom. The average molecular weight is 645 g/mol. The lowest BCUT2D eigenvalue weighted by Gasteiger charge is -2.32. The summed E-state index contributed by atoms with van der Waals surface area (Å²) in [6.07, 6.45) is 8.33. The van der Waals surface area contributed by atoms with Gasteiger partial charge in [0.25, 0.3) is 0 Å². The minimum atomic E-state index is -1.53. The zero-order valence-corrected chi connectivity index (χ0v) is 27.8. The maximum atomic E-state index is 12.8. The van der Waals surface area contributed by atoms with Crippen molar-refractivity contribution in [3.63, 3.8) is 0 Å². The number of ether oxygens (including phenoxy) is 3. The first-order valence-electron chi connectivity index (χ1n) is 16.2. The van der Waals surface area contributed by atoms with Crippen LogP contribution in [0.5, 0.6) is 0 Å². The normalized spacial score (nSPS) is 32.0. The Bertz CT molecular complexity index is 1230. The lowest BCUT2D eigenvalue weighted by atomic mass is 9.88. The van der Waals surface area contributed by atoms with Gasteiger partial charge in [-0.15, -0.1) is 0 Å². The first kappa shape index (κ1) is 37.4. The second kappa shape index (κ2) is 16.6. The van der Waals surface area contributed by atoms with E-state index in [1.165, 1.54) is 6.92 Å². The van der Waals surface area contributed by atoms with E-state index in [4.69, 9.17) is 14.2 Å². The van der Waals surface area contributed by atoms with Gasteiger partial charge in [-0.25, -0.2) is 4.79 Å². The number of cyclic esters (lactones) is 1. The molecule has 256 valence electrons. The van der Waals surface area contributed by atoms with Crippen molar-refractivity contribution in [2.75, 3.05) is 0 Å². The van der Waals surface area contributed by atoms with Crippen LogP contribution < -0.4 is 5.32 Å². The van der Waals surface area contributed by atoms with Gasteiger partial charge in [0.2, 0.25) is 0 Å². The number of esters is 1. The van der Waals surface area contributed by atoms with E-state index in [-0.39, 0.29) is 43.9 Å². The van der Waals surface area contributed by atoms with Crippen LogP contribution in [0.25, 0.3) is 0 Å². The molecule has 1 aromatic heterocycles. The summed E-state index contributed by atoms with van der Waals surface area (Å²) in [4.78, 5) is 29.4. The predicted octanol–water partition coefficient (Wildman–Crippen LogP) is 3.89. The van der Waals surface area contributed by atoms with Gasteiger partial charge in [-0.3, -0.25) is 9.78 Å². The first-order valence-corrected chi connectivity index (χ1v) is 16.2. The number of hydrogen-bond acceptors (Lipinski definition) is 10. The van der Waals surface area contributed by atoms with Crippen molar-refractivity contribution in [2.24, 2.45) is 11.8 Å². The minimum absolute atomic E-state index is 0.0177. The van der Waals surface area contributed by atoms with E-state index in [9.17, 15) is 30.0 Å². The van der Waals surface area contributed by atoms with Crippen molar-refractivity contribution in [1.29, 1.82) is 0 Å². The maximum absolute atomic E-state index is 12.8. The Kier molecular flexibility index (Phi) is 13.5. The Morgan fingerprint density at radius 3 is 2.67 bits per heavy atom. The number of rotatable bonds is 11. The van der Waals surface area contributed by atoms with Crippen molar-refractivity contribution >= 4 is 12.1 Å². The molecule has 0 spiro atoms. The highest BCUT2D eigenvalue weighted by Crippen LogP contribution is 2.37. The van der Waals surface area contributed by atoms with Crippen molar-refractivity contribution < 1.29 is 44.2 Å². The first-order chi connectivity index (χ1) is 21.6. The van der Waals surface area contributed by atoms with Gasteiger partial charge >= 0.3 is 12.1 Å². The number of pyridine rings is 1. The van der Waals surface area contributed by atoms with E-state index in [1.807, 2.05) is 20.8 Å². The third-order valence-corrected chi connectivity index (χ3v) is 8.79. The summed E-state index contributed by atoms with van der Waals surface area (Å²) < 4.78 is 17.2. The molecule has 0 bridgehead atoms. The maximum Gasteiger partial charge on any atom is 0.408 e. The largest absolute Gasteiger partial charge is 0.457 e. The van der Waals surface area contributed by atoms with Crippen LogP contribution in [0.3, 0.4) is 0 Å². The fourth-order valence-corrected chi connectivity index (χ4v) is 5.63. The van der Waals surface area contributed by atoms with E-state index < -0.39 is 53.6 Å². The highest BCUT2D eigenvalue weighted by atomic mass is 16.6. The summed E-state index contributed by atoms with van der Waals surface area (Å²) in [5, 5.41) is 45.6. The van der Waals surface area contributed by atoms with Crippen LogP contribution in [-0.2, 0) is 25.5 Å². The molecule has 11 nitrogen and oxygen atoms in total. The average Bonchev–Trinajstić information content (AvgIpc) is 3.76. The van der Waals surface area contributed by atoms with Crippen LogP contribution in [0.1, 0.15) is 79.2 Å². The summed E-state index contributed by atoms with van der Waals surface area (Å²) in [6, 6.07) is 3.53. The lowest BCUT2D eigenvalue weighted by molar-refractivity contribution is -0.151. The summed E-state index contributed by atoms with van der Waals surface area (Å²) in [5.41, 5.74) is -1.18. The van der Waals surface area contributed by atoms with Gasteiger partial charge in [-0.1, -0.05) is 45.1 Å². The number of allylic oxidation sites excluding steroid dienone is 2. The number of hydrogen-bond donors (Lipinski definition) is 5. The molecule has 0 aromatic carbocycles. The quantitative estimate of drug-likeness (QED) is 0.103. The molecule has 0 radical (unpaired) electrons. The van der Waals surface area contributed by atoms with E-state index in [0.29, 0.717) is 18.4 Å². The summed E-state index contributed by atoms with van der Waals surface area (Å²) in [6.45, 7) is 10.9.